The average molecular weight is 496 g/mol. The summed E-state index contributed by atoms with van der Waals surface area (Å²) in [7, 11) is 1.47. The summed E-state index contributed by atoms with van der Waals surface area (Å²) in [5, 5.41) is 2.63. The smallest absolute Gasteiger partial charge is 0.338 e. The third-order valence-corrected chi connectivity index (χ3v) is 4.50. The summed E-state index contributed by atoms with van der Waals surface area (Å²) in [5.41, 5.74) is 0.235. The van der Waals surface area contributed by atoms with E-state index in [4.69, 9.17) is 23.7 Å². The second kappa shape index (κ2) is 12.7. The van der Waals surface area contributed by atoms with Crippen LogP contribution >= 0.6 is 15.9 Å². The minimum Gasteiger partial charge on any atom is -0.494 e. The number of ether oxygens (including phenoxy) is 5. The minimum atomic E-state index is -0.650. The fourth-order valence-corrected chi connectivity index (χ4v) is 3.10. The molecule has 0 aliphatic rings. The fourth-order valence-electron chi connectivity index (χ4n) is 2.55. The first-order valence-electron chi connectivity index (χ1n) is 9.78. The van der Waals surface area contributed by atoms with E-state index in [0.717, 1.165) is 5.75 Å². The molecule has 0 saturated carbocycles. The molecule has 31 heavy (non-hydrogen) atoms. The zero-order valence-electron chi connectivity index (χ0n) is 17.7. The second-order valence-corrected chi connectivity index (χ2v) is 6.96. The van der Waals surface area contributed by atoms with E-state index in [9.17, 15) is 9.59 Å². The van der Waals surface area contributed by atoms with Gasteiger partial charge in [0.05, 0.1) is 36.9 Å². The summed E-state index contributed by atoms with van der Waals surface area (Å²) >= 11 is 3.35. The van der Waals surface area contributed by atoms with E-state index in [2.05, 4.69) is 21.2 Å². The first-order chi connectivity index (χ1) is 15.0. The van der Waals surface area contributed by atoms with Crippen LogP contribution in [0.5, 0.6) is 23.0 Å². The number of hydrogen-bond donors (Lipinski definition) is 1. The van der Waals surface area contributed by atoms with Crippen LogP contribution in [0.2, 0.25) is 0 Å². The van der Waals surface area contributed by atoms with Crippen molar-refractivity contribution in [2.75, 3.05) is 40.1 Å². The van der Waals surface area contributed by atoms with Crippen molar-refractivity contribution in [3.05, 3.63) is 46.4 Å². The fraction of sp³-hybridized carbons (Fsp3) is 0.364. The number of hydrogen-bond acceptors (Lipinski definition) is 7. The van der Waals surface area contributed by atoms with Gasteiger partial charge in [0.1, 0.15) is 18.1 Å². The predicted octanol–water partition coefficient (Wildman–Crippen LogP) is 3.61. The van der Waals surface area contributed by atoms with Gasteiger partial charge >= 0.3 is 5.97 Å². The van der Waals surface area contributed by atoms with Crippen molar-refractivity contribution in [2.45, 2.75) is 13.8 Å². The molecular formula is C22H26BrNO7. The Morgan fingerprint density at radius 3 is 2.23 bits per heavy atom. The highest BCUT2D eigenvalue weighted by molar-refractivity contribution is 9.10. The lowest BCUT2D eigenvalue weighted by Crippen LogP contribution is -2.32. The van der Waals surface area contributed by atoms with Gasteiger partial charge in [0.2, 0.25) is 0 Å². The van der Waals surface area contributed by atoms with Gasteiger partial charge in [-0.25, -0.2) is 4.79 Å². The van der Waals surface area contributed by atoms with Crippen molar-refractivity contribution in [3.8, 4) is 23.0 Å². The average Bonchev–Trinajstić information content (AvgIpc) is 2.77. The highest BCUT2D eigenvalue weighted by Crippen LogP contribution is 2.36. The van der Waals surface area contributed by atoms with E-state index in [1.165, 1.54) is 13.2 Å². The highest BCUT2D eigenvalue weighted by Gasteiger charge is 2.17. The van der Waals surface area contributed by atoms with Gasteiger partial charge in [-0.3, -0.25) is 4.79 Å². The first kappa shape index (κ1) is 24.3. The number of carbonyl (C=O) groups excluding carboxylic acids is 2. The molecule has 1 amide bonds. The van der Waals surface area contributed by atoms with Crippen LogP contribution in [0.15, 0.2) is 40.9 Å². The Morgan fingerprint density at radius 2 is 1.61 bits per heavy atom. The lowest BCUT2D eigenvalue weighted by atomic mass is 10.2. The lowest BCUT2D eigenvalue weighted by Gasteiger charge is -2.13. The molecule has 0 aliphatic heterocycles. The van der Waals surface area contributed by atoms with Gasteiger partial charge in [-0.05, 0) is 66.2 Å². The molecule has 0 saturated heterocycles. The molecule has 0 atom stereocenters. The summed E-state index contributed by atoms with van der Waals surface area (Å²) in [6.07, 6.45) is 0. The van der Waals surface area contributed by atoms with Crippen LogP contribution in [-0.4, -0.2) is 52.0 Å². The van der Waals surface area contributed by atoms with Crippen molar-refractivity contribution >= 4 is 27.8 Å². The number of nitrogens with one attached hydrogen (secondary N) is 1. The Hall–Kier alpha value is -2.94. The molecule has 0 heterocycles. The molecule has 9 heteroatoms. The molecule has 0 aliphatic carbocycles. The summed E-state index contributed by atoms with van der Waals surface area (Å²) in [6.45, 7) is 4.94. The topological polar surface area (TPSA) is 92.3 Å². The molecule has 0 radical (unpaired) electrons. The Labute approximate surface area is 189 Å². The maximum absolute atomic E-state index is 12.3. The highest BCUT2D eigenvalue weighted by atomic mass is 79.9. The summed E-state index contributed by atoms with van der Waals surface area (Å²) in [5.74, 6) is 1.23. The van der Waals surface area contributed by atoms with Crippen LogP contribution in [0.1, 0.15) is 24.2 Å². The molecular weight excluding hydrogens is 470 g/mol. The Balaban J connectivity index is 1.75. The summed E-state index contributed by atoms with van der Waals surface area (Å²) in [6, 6.07) is 10.3. The standard InChI is InChI=1S/C22H26BrNO7/c1-4-28-16-6-8-17(9-7-16)30-11-10-24-20(25)14-31-22(26)15-12-18(23)21(29-5-2)19(13-15)27-3/h6-9,12-13H,4-5,10-11,14H2,1-3H3,(H,24,25). The maximum atomic E-state index is 12.3. The van der Waals surface area contributed by atoms with E-state index in [0.29, 0.717) is 34.9 Å². The van der Waals surface area contributed by atoms with Crippen molar-refractivity contribution in [1.29, 1.82) is 0 Å². The third kappa shape index (κ3) is 7.67. The first-order valence-corrected chi connectivity index (χ1v) is 10.6. The molecule has 1 N–H and O–H groups in total. The molecule has 0 aromatic heterocycles. The number of methoxy groups -OCH3 is 1. The molecule has 0 fully saturated rings. The molecule has 2 aromatic carbocycles. The zero-order valence-corrected chi connectivity index (χ0v) is 19.3. The molecule has 0 unspecified atom stereocenters. The van der Waals surface area contributed by atoms with Gasteiger partial charge in [0.25, 0.3) is 5.91 Å². The number of halogens is 1. The van der Waals surface area contributed by atoms with Crippen LogP contribution in [0.3, 0.4) is 0 Å². The van der Waals surface area contributed by atoms with E-state index < -0.39 is 18.5 Å². The molecule has 168 valence electrons. The SMILES string of the molecule is CCOc1ccc(OCCNC(=O)COC(=O)c2cc(Br)c(OCC)c(OC)c2)cc1. The third-order valence-electron chi connectivity index (χ3n) is 3.92. The molecule has 0 spiro atoms. The molecule has 0 bridgehead atoms. The van der Waals surface area contributed by atoms with Crippen LogP contribution in [0.4, 0.5) is 0 Å². The largest absolute Gasteiger partial charge is 0.494 e. The maximum Gasteiger partial charge on any atom is 0.338 e. The second-order valence-electron chi connectivity index (χ2n) is 6.10. The van der Waals surface area contributed by atoms with Gasteiger partial charge < -0.3 is 29.0 Å². The number of esters is 1. The number of carbonyl (C=O) groups is 2. The molecule has 2 aromatic rings. The Kier molecular flexibility index (Phi) is 9.96. The summed E-state index contributed by atoms with van der Waals surface area (Å²) < 4.78 is 27.3. The van der Waals surface area contributed by atoms with Crippen molar-refractivity contribution in [2.24, 2.45) is 0 Å². The van der Waals surface area contributed by atoms with Crippen LogP contribution < -0.4 is 24.3 Å². The van der Waals surface area contributed by atoms with Gasteiger partial charge in [0.15, 0.2) is 18.1 Å². The lowest BCUT2D eigenvalue weighted by molar-refractivity contribution is -0.124. The quantitative estimate of drug-likeness (QED) is 0.355. The number of rotatable bonds is 12. The van der Waals surface area contributed by atoms with E-state index in [-0.39, 0.29) is 18.7 Å². The minimum absolute atomic E-state index is 0.235. The summed E-state index contributed by atoms with van der Waals surface area (Å²) in [4.78, 5) is 24.2. The Morgan fingerprint density at radius 1 is 0.968 bits per heavy atom. The van der Waals surface area contributed by atoms with E-state index >= 15 is 0 Å². The van der Waals surface area contributed by atoms with E-state index in [1.54, 1.807) is 18.2 Å². The Bertz CT molecular complexity index is 871. The van der Waals surface area contributed by atoms with Crippen molar-refractivity contribution in [3.63, 3.8) is 0 Å². The molecule has 2 rings (SSSR count). The number of benzene rings is 2. The van der Waals surface area contributed by atoms with Crippen molar-refractivity contribution < 1.29 is 33.3 Å². The normalized spacial score (nSPS) is 10.2. The van der Waals surface area contributed by atoms with Gasteiger partial charge in [-0.15, -0.1) is 0 Å². The monoisotopic (exact) mass is 495 g/mol. The number of amides is 1. The predicted molar refractivity (Wildman–Crippen MR) is 118 cm³/mol. The van der Waals surface area contributed by atoms with Crippen LogP contribution in [0.25, 0.3) is 0 Å². The van der Waals surface area contributed by atoms with Gasteiger partial charge in [-0.1, -0.05) is 0 Å². The van der Waals surface area contributed by atoms with Gasteiger partial charge in [-0.2, -0.15) is 0 Å². The zero-order chi connectivity index (χ0) is 22.6. The van der Waals surface area contributed by atoms with E-state index in [1.807, 2.05) is 26.0 Å². The van der Waals surface area contributed by atoms with Gasteiger partial charge in [0, 0.05) is 0 Å². The molecule has 8 nitrogen and oxygen atoms in total. The van der Waals surface area contributed by atoms with Crippen LogP contribution in [-0.2, 0) is 9.53 Å². The van der Waals surface area contributed by atoms with Crippen LogP contribution in [0, 0.1) is 0 Å². The van der Waals surface area contributed by atoms with Crippen molar-refractivity contribution in [1.82, 2.24) is 5.32 Å².